The Labute approximate surface area is 185 Å². The average Bonchev–Trinajstić information content (AvgIpc) is 3.35. The number of sulfonamides is 1. The Morgan fingerprint density at radius 3 is 2.39 bits per heavy atom. The molecule has 3 fully saturated rings. The molecule has 1 aromatic carbocycles. The third-order valence-electron chi connectivity index (χ3n) is 7.28. The minimum absolute atomic E-state index is 0.0154. The van der Waals surface area contributed by atoms with Crippen molar-refractivity contribution in [2.75, 3.05) is 19.6 Å². The lowest BCUT2D eigenvalue weighted by Gasteiger charge is -2.37. The summed E-state index contributed by atoms with van der Waals surface area (Å²) in [5.74, 6) is -0.0535. The first-order chi connectivity index (χ1) is 14.8. The van der Waals surface area contributed by atoms with Gasteiger partial charge in [-0.1, -0.05) is 43.2 Å². The summed E-state index contributed by atoms with van der Waals surface area (Å²) in [5, 5.41) is 3.15. The zero-order chi connectivity index (χ0) is 22.1. The number of hydrogen-bond acceptors (Lipinski definition) is 4. The maximum Gasteiger partial charge on any atom is 0.243 e. The van der Waals surface area contributed by atoms with Gasteiger partial charge < -0.3 is 10.2 Å². The van der Waals surface area contributed by atoms with Gasteiger partial charge in [-0.3, -0.25) is 9.59 Å². The molecule has 1 N–H and O–H groups in total. The van der Waals surface area contributed by atoms with Gasteiger partial charge in [-0.05, 0) is 44.6 Å². The number of nitrogens with one attached hydrogen (secondary N) is 1. The van der Waals surface area contributed by atoms with Crippen LogP contribution in [-0.2, 0) is 25.4 Å². The number of rotatable bonds is 6. The van der Waals surface area contributed by atoms with Gasteiger partial charge >= 0.3 is 0 Å². The molecule has 2 saturated heterocycles. The highest BCUT2D eigenvalue weighted by atomic mass is 32.2. The van der Waals surface area contributed by atoms with E-state index < -0.39 is 21.5 Å². The van der Waals surface area contributed by atoms with Gasteiger partial charge in [-0.2, -0.15) is 0 Å². The van der Waals surface area contributed by atoms with Crippen LogP contribution < -0.4 is 5.32 Å². The number of likely N-dealkylation sites (tertiary alicyclic amines) is 1. The quantitative estimate of drug-likeness (QED) is 0.725. The first-order valence-electron chi connectivity index (χ1n) is 11.5. The van der Waals surface area contributed by atoms with Crippen LogP contribution in [0, 0.1) is 5.41 Å². The smallest absolute Gasteiger partial charge is 0.243 e. The van der Waals surface area contributed by atoms with E-state index >= 15 is 0 Å². The summed E-state index contributed by atoms with van der Waals surface area (Å²) in [6.45, 7) is 3.07. The highest BCUT2D eigenvalue weighted by Crippen LogP contribution is 2.45. The number of carbonyl (C=O) groups is 2. The van der Waals surface area contributed by atoms with Gasteiger partial charge in [0.25, 0.3) is 0 Å². The molecule has 0 aromatic heterocycles. The lowest BCUT2D eigenvalue weighted by molar-refractivity contribution is -0.140. The van der Waals surface area contributed by atoms with Gasteiger partial charge in [-0.15, -0.1) is 0 Å². The fourth-order valence-corrected chi connectivity index (χ4v) is 7.00. The van der Waals surface area contributed by atoms with Gasteiger partial charge in [0, 0.05) is 25.7 Å². The Kier molecular flexibility index (Phi) is 6.40. The zero-order valence-electron chi connectivity index (χ0n) is 18.3. The monoisotopic (exact) mass is 447 g/mol. The molecule has 3 aliphatic rings. The number of benzene rings is 1. The molecule has 4 rings (SSSR count). The van der Waals surface area contributed by atoms with Gasteiger partial charge in [-0.25, -0.2) is 12.7 Å². The molecule has 1 saturated carbocycles. The van der Waals surface area contributed by atoms with Crippen molar-refractivity contribution in [2.45, 2.75) is 69.7 Å². The second-order valence-electron chi connectivity index (χ2n) is 9.22. The summed E-state index contributed by atoms with van der Waals surface area (Å²) in [7, 11) is -3.44. The molecule has 2 aliphatic heterocycles. The number of carbonyl (C=O) groups excluding carboxylic acids is 2. The first kappa shape index (κ1) is 22.3. The maximum absolute atomic E-state index is 13.3. The maximum atomic E-state index is 13.3. The Bertz CT molecular complexity index is 904. The molecule has 1 aromatic rings. The standard InChI is InChI=1S/C23H33N3O4S/c1-2-26-20(21(27)24-19-10-6-7-11-19)16-23(22(26)28)12-14-25(15-13-23)31(29,30)17-18-8-4-3-5-9-18/h3-5,8-9,19-20H,2,6-7,10-17H2,1H3,(H,24,27). The van der Waals surface area contributed by atoms with Crippen LogP contribution in [0.5, 0.6) is 0 Å². The number of amides is 2. The number of hydrogen-bond donors (Lipinski definition) is 1. The molecular formula is C23H33N3O4S. The second-order valence-corrected chi connectivity index (χ2v) is 11.2. The van der Waals surface area contributed by atoms with Crippen molar-refractivity contribution < 1.29 is 18.0 Å². The zero-order valence-corrected chi connectivity index (χ0v) is 19.1. The number of piperidine rings is 1. The van der Waals surface area contributed by atoms with Crippen LogP contribution in [-0.4, -0.2) is 61.2 Å². The van der Waals surface area contributed by atoms with Crippen LogP contribution in [0.15, 0.2) is 30.3 Å². The van der Waals surface area contributed by atoms with Crippen molar-refractivity contribution in [3.8, 4) is 0 Å². The van der Waals surface area contributed by atoms with E-state index in [9.17, 15) is 18.0 Å². The fourth-order valence-electron chi connectivity index (χ4n) is 5.47. The summed E-state index contributed by atoms with van der Waals surface area (Å²) in [6.07, 6.45) is 5.75. The highest BCUT2D eigenvalue weighted by molar-refractivity contribution is 7.88. The Morgan fingerprint density at radius 2 is 1.77 bits per heavy atom. The fraction of sp³-hybridized carbons (Fsp3) is 0.652. The molecular weight excluding hydrogens is 414 g/mol. The van der Waals surface area contributed by atoms with Crippen molar-refractivity contribution in [1.29, 1.82) is 0 Å². The van der Waals surface area contributed by atoms with Crippen molar-refractivity contribution in [3.63, 3.8) is 0 Å². The number of nitrogens with zero attached hydrogens (tertiary/aromatic N) is 2. The second kappa shape index (κ2) is 8.90. The molecule has 1 aliphatic carbocycles. The molecule has 8 heteroatoms. The van der Waals surface area contributed by atoms with Crippen molar-refractivity contribution >= 4 is 21.8 Å². The van der Waals surface area contributed by atoms with Gasteiger partial charge in [0.05, 0.1) is 11.2 Å². The minimum atomic E-state index is -3.44. The van der Waals surface area contributed by atoms with Crippen molar-refractivity contribution in [1.82, 2.24) is 14.5 Å². The lowest BCUT2D eigenvalue weighted by atomic mass is 9.76. The van der Waals surface area contributed by atoms with E-state index in [1.807, 2.05) is 37.3 Å². The molecule has 7 nitrogen and oxygen atoms in total. The Balaban J connectivity index is 1.42. The van der Waals surface area contributed by atoms with Crippen LogP contribution in [0.3, 0.4) is 0 Å². The van der Waals surface area contributed by atoms with Gasteiger partial charge in [0.15, 0.2) is 0 Å². The van der Waals surface area contributed by atoms with E-state index in [1.54, 1.807) is 4.90 Å². The van der Waals surface area contributed by atoms with Crippen molar-refractivity contribution in [2.24, 2.45) is 5.41 Å². The normalized spacial score (nSPS) is 24.7. The SMILES string of the molecule is CCN1C(=O)C2(CCN(S(=O)(=O)Cc3ccccc3)CC2)CC1C(=O)NC1CCCC1. The summed E-state index contributed by atoms with van der Waals surface area (Å²) < 4.78 is 27.3. The molecule has 2 heterocycles. The van der Waals surface area contributed by atoms with Crippen LogP contribution in [0.2, 0.25) is 0 Å². The molecule has 0 radical (unpaired) electrons. The molecule has 1 spiro atoms. The van der Waals surface area contributed by atoms with E-state index in [0.717, 1.165) is 31.2 Å². The topological polar surface area (TPSA) is 86.8 Å². The third-order valence-corrected chi connectivity index (χ3v) is 9.13. The van der Waals surface area contributed by atoms with E-state index in [-0.39, 0.29) is 23.6 Å². The summed E-state index contributed by atoms with van der Waals surface area (Å²) in [6, 6.07) is 8.96. The van der Waals surface area contributed by atoms with Crippen LogP contribution in [0.25, 0.3) is 0 Å². The van der Waals surface area contributed by atoms with E-state index in [0.29, 0.717) is 38.9 Å². The molecule has 170 valence electrons. The van der Waals surface area contributed by atoms with Crippen LogP contribution in [0.1, 0.15) is 57.4 Å². The molecule has 31 heavy (non-hydrogen) atoms. The minimum Gasteiger partial charge on any atom is -0.352 e. The van der Waals surface area contributed by atoms with E-state index in [2.05, 4.69) is 5.32 Å². The molecule has 1 atom stereocenters. The Hall–Kier alpha value is -1.93. The lowest BCUT2D eigenvalue weighted by Crippen LogP contribution is -2.48. The molecule has 0 bridgehead atoms. The van der Waals surface area contributed by atoms with Crippen LogP contribution >= 0.6 is 0 Å². The molecule has 2 amide bonds. The van der Waals surface area contributed by atoms with E-state index in [1.165, 1.54) is 4.31 Å². The number of likely N-dealkylation sites (N-methyl/N-ethyl adjacent to an activating group) is 1. The van der Waals surface area contributed by atoms with Gasteiger partial charge in [0.2, 0.25) is 21.8 Å². The predicted octanol–water partition coefficient (Wildman–Crippen LogP) is 2.28. The van der Waals surface area contributed by atoms with Crippen LogP contribution in [0.4, 0.5) is 0 Å². The van der Waals surface area contributed by atoms with E-state index in [4.69, 9.17) is 0 Å². The Morgan fingerprint density at radius 1 is 1.13 bits per heavy atom. The van der Waals surface area contributed by atoms with Crippen molar-refractivity contribution in [3.05, 3.63) is 35.9 Å². The average molecular weight is 448 g/mol. The summed E-state index contributed by atoms with van der Waals surface area (Å²) in [5.41, 5.74) is 0.146. The highest BCUT2D eigenvalue weighted by Gasteiger charge is 2.54. The summed E-state index contributed by atoms with van der Waals surface area (Å²) in [4.78, 5) is 28.0. The third kappa shape index (κ3) is 4.51. The van der Waals surface area contributed by atoms with Gasteiger partial charge in [0.1, 0.15) is 6.04 Å². The summed E-state index contributed by atoms with van der Waals surface area (Å²) >= 11 is 0. The predicted molar refractivity (Wildman–Crippen MR) is 118 cm³/mol. The largest absolute Gasteiger partial charge is 0.352 e. The first-order valence-corrected chi connectivity index (χ1v) is 13.1. The molecule has 1 unspecified atom stereocenters.